The summed E-state index contributed by atoms with van der Waals surface area (Å²) in [5.41, 5.74) is 2.18. The minimum atomic E-state index is 0.102. The number of hydrogen-bond donors (Lipinski definition) is 0. The van der Waals surface area contributed by atoms with Crippen LogP contribution in [0.15, 0.2) is 23.2 Å². The number of ether oxygens (including phenoxy) is 1. The number of hydrogen-bond acceptors (Lipinski definition) is 4. The number of rotatable bonds is 7. The Morgan fingerprint density at radius 2 is 2.08 bits per heavy atom. The number of aliphatic imine (C=N–C) groups is 1. The predicted molar refractivity (Wildman–Crippen MR) is 108 cm³/mol. The molecule has 2 aromatic rings. The highest BCUT2D eigenvalue weighted by molar-refractivity contribution is 7.18. The molecule has 1 unspecified atom stereocenters. The third kappa shape index (κ3) is 5.33. The van der Waals surface area contributed by atoms with Gasteiger partial charge in [-0.2, -0.15) is 4.98 Å². The van der Waals surface area contributed by atoms with Crippen LogP contribution in [0.5, 0.6) is 10.9 Å². The van der Waals surface area contributed by atoms with Crippen molar-refractivity contribution in [2.45, 2.75) is 33.7 Å². The van der Waals surface area contributed by atoms with E-state index in [4.69, 9.17) is 32.9 Å². The lowest BCUT2D eigenvalue weighted by molar-refractivity contribution is 0.472. The molecule has 136 valence electrons. The van der Waals surface area contributed by atoms with Crippen molar-refractivity contribution in [1.82, 2.24) is 9.88 Å². The smallest absolute Gasteiger partial charge is 0.281 e. The molecule has 0 amide bonds. The van der Waals surface area contributed by atoms with Crippen LogP contribution in [-0.2, 0) is 0 Å². The molecule has 0 aliphatic rings. The predicted octanol–water partition coefficient (Wildman–Crippen LogP) is 6.23. The van der Waals surface area contributed by atoms with E-state index in [-0.39, 0.29) is 11.2 Å². The van der Waals surface area contributed by atoms with Crippen molar-refractivity contribution < 1.29 is 4.74 Å². The van der Waals surface area contributed by atoms with Crippen molar-refractivity contribution in [2.75, 3.05) is 13.6 Å². The lowest BCUT2D eigenvalue weighted by Gasteiger charge is -2.20. The highest BCUT2D eigenvalue weighted by Crippen LogP contribution is 2.37. The van der Waals surface area contributed by atoms with E-state index < -0.39 is 0 Å². The van der Waals surface area contributed by atoms with E-state index in [0.717, 1.165) is 23.4 Å². The zero-order valence-corrected chi connectivity index (χ0v) is 17.4. The van der Waals surface area contributed by atoms with E-state index in [1.807, 2.05) is 32.4 Å². The normalized spacial score (nSPS) is 12.8. The summed E-state index contributed by atoms with van der Waals surface area (Å²) in [4.78, 5) is 10.9. The molecule has 0 spiro atoms. The van der Waals surface area contributed by atoms with Crippen LogP contribution in [0.3, 0.4) is 0 Å². The molecule has 0 aliphatic carbocycles. The van der Waals surface area contributed by atoms with Gasteiger partial charge in [-0.05, 0) is 37.0 Å². The minimum absolute atomic E-state index is 0.102. The van der Waals surface area contributed by atoms with Gasteiger partial charge in [-0.1, -0.05) is 60.5 Å². The van der Waals surface area contributed by atoms with Gasteiger partial charge in [-0.25, -0.2) is 0 Å². The summed E-state index contributed by atoms with van der Waals surface area (Å²) >= 11 is 13.0. The number of nitrogens with zero attached hydrogens (tertiary/aromatic N) is 3. The molecule has 0 N–H and O–H groups in total. The first-order chi connectivity index (χ1) is 11.8. The summed E-state index contributed by atoms with van der Waals surface area (Å²) in [5, 5.41) is 0.707. The monoisotopic (exact) mass is 399 g/mol. The molecule has 25 heavy (non-hydrogen) atoms. The maximum atomic E-state index is 5.93. The van der Waals surface area contributed by atoms with Crippen molar-refractivity contribution in [3.8, 4) is 10.9 Å². The molecule has 1 atom stereocenters. The Hall–Kier alpha value is -1.30. The molecule has 1 heterocycles. The summed E-state index contributed by atoms with van der Waals surface area (Å²) in [6, 6.07) is 6.21. The minimum Gasteiger partial charge on any atom is -0.431 e. The molecular formula is C18H23Cl2N3OS. The van der Waals surface area contributed by atoms with Crippen molar-refractivity contribution in [3.63, 3.8) is 0 Å². The first-order valence-corrected chi connectivity index (χ1v) is 9.72. The molecule has 2 rings (SSSR count). The average molecular weight is 400 g/mol. The van der Waals surface area contributed by atoms with Crippen LogP contribution in [0.2, 0.25) is 9.49 Å². The molecule has 0 aliphatic heterocycles. The van der Waals surface area contributed by atoms with Gasteiger partial charge < -0.3 is 9.64 Å². The van der Waals surface area contributed by atoms with E-state index in [1.54, 1.807) is 0 Å². The fraction of sp³-hybridized carbons (Fsp3) is 0.444. The molecule has 0 saturated heterocycles. The summed E-state index contributed by atoms with van der Waals surface area (Å²) in [5.74, 6) is 1.13. The summed E-state index contributed by atoms with van der Waals surface area (Å²) < 4.78 is 6.24. The number of aromatic nitrogens is 1. The van der Waals surface area contributed by atoms with Gasteiger partial charge in [0.15, 0.2) is 5.15 Å². The lowest BCUT2D eigenvalue weighted by atomic mass is 9.95. The molecule has 4 nitrogen and oxygen atoms in total. The largest absolute Gasteiger partial charge is 0.431 e. The maximum absolute atomic E-state index is 5.93. The Bertz CT molecular complexity index is 726. The number of thiazole rings is 1. The molecule has 1 aromatic carbocycles. The van der Waals surface area contributed by atoms with Crippen LogP contribution in [-0.4, -0.2) is 29.8 Å². The SMILES string of the molecule is CCN(C)C=NC(c1ccc(Oc2nc(Cl)c(Cl)s2)c(C)c1)C(C)C. The Morgan fingerprint density at radius 1 is 1.36 bits per heavy atom. The topological polar surface area (TPSA) is 37.7 Å². The number of halogens is 2. The van der Waals surface area contributed by atoms with Crippen molar-refractivity contribution in [1.29, 1.82) is 0 Å². The van der Waals surface area contributed by atoms with Gasteiger partial charge in [0.25, 0.3) is 5.19 Å². The fourth-order valence-electron chi connectivity index (χ4n) is 2.28. The molecule has 0 saturated carbocycles. The third-order valence-electron chi connectivity index (χ3n) is 3.82. The quantitative estimate of drug-likeness (QED) is 0.409. The Morgan fingerprint density at radius 3 is 2.60 bits per heavy atom. The standard InChI is InChI=1S/C18H23Cl2N3OS/c1-6-23(5)10-21-15(11(2)3)13-7-8-14(12(4)9-13)24-18-22-16(19)17(20)25-18/h7-11,15H,6H2,1-5H3. The van der Waals surface area contributed by atoms with Crippen molar-refractivity contribution in [3.05, 3.63) is 38.8 Å². The van der Waals surface area contributed by atoms with Gasteiger partial charge in [-0.15, -0.1) is 0 Å². The number of aryl methyl sites for hydroxylation is 1. The molecule has 0 radical (unpaired) electrons. The van der Waals surface area contributed by atoms with Crippen LogP contribution in [0.25, 0.3) is 0 Å². The molecular weight excluding hydrogens is 377 g/mol. The van der Waals surface area contributed by atoms with E-state index in [9.17, 15) is 0 Å². The highest BCUT2D eigenvalue weighted by atomic mass is 35.5. The van der Waals surface area contributed by atoms with Crippen molar-refractivity contribution >= 4 is 40.9 Å². The van der Waals surface area contributed by atoms with E-state index >= 15 is 0 Å². The van der Waals surface area contributed by atoms with Gasteiger partial charge in [0.05, 0.1) is 12.4 Å². The third-order valence-corrected chi connectivity index (χ3v) is 5.44. The van der Waals surface area contributed by atoms with Crippen LogP contribution < -0.4 is 4.74 Å². The zero-order valence-electron chi connectivity index (χ0n) is 15.1. The van der Waals surface area contributed by atoms with Crippen LogP contribution in [0, 0.1) is 12.8 Å². The van der Waals surface area contributed by atoms with Crippen LogP contribution >= 0.6 is 34.5 Å². The fourth-order valence-corrected chi connectivity index (χ4v) is 3.32. The highest BCUT2D eigenvalue weighted by Gasteiger charge is 2.16. The van der Waals surface area contributed by atoms with Gasteiger partial charge >= 0.3 is 0 Å². The zero-order chi connectivity index (χ0) is 18.6. The first-order valence-electron chi connectivity index (χ1n) is 8.15. The maximum Gasteiger partial charge on any atom is 0.281 e. The van der Waals surface area contributed by atoms with Crippen LogP contribution in [0.4, 0.5) is 0 Å². The first kappa shape index (κ1) is 20.0. The van der Waals surface area contributed by atoms with E-state index in [2.05, 4.69) is 36.7 Å². The summed E-state index contributed by atoms with van der Waals surface area (Å²) in [6.07, 6.45) is 1.91. The lowest BCUT2D eigenvalue weighted by Crippen LogP contribution is -2.16. The molecule has 0 bridgehead atoms. The van der Waals surface area contributed by atoms with Gasteiger partial charge in [0.2, 0.25) is 0 Å². The van der Waals surface area contributed by atoms with E-state index in [1.165, 1.54) is 11.3 Å². The molecule has 7 heteroatoms. The summed E-state index contributed by atoms with van der Waals surface area (Å²) in [7, 11) is 2.02. The molecule has 1 aromatic heterocycles. The van der Waals surface area contributed by atoms with Gasteiger partial charge in [0, 0.05) is 13.6 Å². The van der Waals surface area contributed by atoms with Gasteiger partial charge in [0.1, 0.15) is 10.1 Å². The van der Waals surface area contributed by atoms with E-state index in [0.29, 0.717) is 15.4 Å². The summed E-state index contributed by atoms with van der Waals surface area (Å²) in [6.45, 7) is 9.39. The second-order valence-electron chi connectivity index (χ2n) is 6.20. The number of benzene rings is 1. The van der Waals surface area contributed by atoms with Crippen molar-refractivity contribution in [2.24, 2.45) is 10.9 Å². The van der Waals surface area contributed by atoms with Crippen LogP contribution in [0.1, 0.15) is 37.9 Å². The molecule has 0 fully saturated rings. The second kappa shape index (κ2) is 8.88. The van der Waals surface area contributed by atoms with Gasteiger partial charge in [-0.3, -0.25) is 4.99 Å². The Kier molecular flexibility index (Phi) is 7.11. The Balaban J connectivity index is 2.22. The average Bonchev–Trinajstić information content (AvgIpc) is 2.87. The second-order valence-corrected chi connectivity index (χ2v) is 8.12. The Labute approximate surface area is 163 Å².